The van der Waals surface area contributed by atoms with Gasteiger partial charge >= 0.3 is 0 Å². The first-order chi connectivity index (χ1) is 12.9. The van der Waals surface area contributed by atoms with Crippen molar-refractivity contribution < 1.29 is 18.8 Å². The van der Waals surface area contributed by atoms with E-state index in [2.05, 4.69) is 10.6 Å². The normalized spacial score (nSPS) is 10.6. The number of benzene rings is 1. The first kappa shape index (κ1) is 20.0. The molecular formula is C20H23N3O4. The van der Waals surface area contributed by atoms with E-state index in [0.29, 0.717) is 23.7 Å². The average molecular weight is 369 g/mol. The lowest BCUT2D eigenvalue weighted by atomic mass is 10.2. The van der Waals surface area contributed by atoms with Crippen LogP contribution in [0.15, 0.2) is 46.9 Å². The predicted molar refractivity (Wildman–Crippen MR) is 104 cm³/mol. The second kappa shape index (κ2) is 9.38. The molecule has 0 radical (unpaired) electrons. The summed E-state index contributed by atoms with van der Waals surface area (Å²) in [6, 6.07) is 10.3. The molecule has 7 heteroatoms. The molecule has 0 aliphatic rings. The number of nitrogens with zero attached hydrogens (tertiary/aromatic N) is 1. The molecule has 2 rings (SSSR count). The Labute approximate surface area is 158 Å². The maximum absolute atomic E-state index is 12.3. The van der Waals surface area contributed by atoms with Crippen LogP contribution in [-0.2, 0) is 14.4 Å². The van der Waals surface area contributed by atoms with E-state index >= 15 is 0 Å². The van der Waals surface area contributed by atoms with Crippen molar-refractivity contribution >= 4 is 35.2 Å². The zero-order valence-electron chi connectivity index (χ0n) is 15.6. The third-order valence-corrected chi connectivity index (χ3v) is 3.67. The van der Waals surface area contributed by atoms with Crippen LogP contribution in [0.1, 0.15) is 25.4 Å². The van der Waals surface area contributed by atoms with Gasteiger partial charge in [0.15, 0.2) is 0 Å². The number of nitrogens with one attached hydrogen (secondary N) is 2. The third-order valence-electron chi connectivity index (χ3n) is 3.67. The summed E-state index contributed by atoms with van der Waals surface area (Å²) in [5, 5.41) is 5.38. The van der Waals surface area contributed by atoms with Gasteiger partial charge in [0.05, 0.1) is 0 Å². The molecule has 7 nitrogen and oxygen atoms in total. The maximum atomic E-state index is 12.3. The van der Waals surface area contributed by atoms with Crippen molar-refractivity contribution in [2.45, 2.75) is 20.8 Å². The highest BCUT2D eigenvalue weighted by atomic mass is 16.3. The summed E-state index contributed by atoms with van der Waals surface area (Å²) >= 11 is 0. The molecule has 0 saturated carbocycles. The number of rotatable bonds is 7. The molecular weight excluding hydrogens is 346 g/mol. The number of hydrogen-bond donors (Lipinski definition) is 2. The summed E-state index contributed by atoms with van der Waals surface area (Å²) in [5.41, 5.74) is 1.23. The van der Waals surface area contributed by atoms with Crippen molar-refractivity contribution in [2.75, 3.05) is 23.7 Å². The van der Waals surface area contributed by atoms with Gasteiger partial charge in [-0.2, -0.15) is 0 Å². The fraction of sp³-hybridized carbons (Fsp3) is 0.250. The number of aryl methyl sites for hydroxylation is 1. The van der Waals surface area contributed by atoms with Crippen molar-refractivity contribution in [3.8, 4) is 0 Å². The zero-order valence-corrected chi connectivity index (χ0v) is 15.6. The highest BCUT2D eigenvalue weighted by molar-refractivity contribution is 5.98. The first-order valence-corrected chi connectivity index (χ1v) is 8.58. The topological polar surface area (TPSA) is 91.7 Å². The molecule has 0 fully saturated rings. The van der Waals surface area contributed by atoms with E-state index in [0.717, 1.165) is 5.76 Å². The Balaban J connectivity index is 1.90. The van der Waals surface area contributed by atoms with Crippen LogP contribution in [0.5, 0.6) is 0 Å². The Morgan fingerprint density at radius 3 is 2.19 bits per heavy atom. The SMILES string of the molecule is CCN(CC(=O)Nc1ccc(NC(C)=O)cc1)C(=O)/C=C/c1ccc(C)o1. The second-order valence-electron chi connectivity index (χ2n) is 5.94. The van der Waals surface area contributed by atoms with Gasteiger partial charge in [-0.15, -0.1) is 0 Å². The number of carbonyl (C=O) groups excluding carboxylic acids is 3. The van der Waals surface area contributed by atoms with E-state index < -0.39 is 0 Å². The van der Waals surface area contributed by atoms with Crippen molar-refractivity contribution in [1.29, 1.82) is 0 Å². The average Bonchev–Trinajstić information content (AvgIpc) is 3.04. The molecule has 0 saturated heterocycles. The molecule has 0 spiro atoms. The Morgan fingerprint density at radius 1 is 1.04 bits per heavy atom. The number of amides is 3. The second-order valence-corrected chi connectivity index (χ2v) is 5.94. The summed E-state index contributed by atoms with van der Waals surface area (Å²) in [6.07, 6.45) is 2.97. The minimum Gasteiger partial charge on any atom is -0.462 e. The van der Waals surface area contributed by atoms with Crippen LogP contribution < -0.4 is 10.6 Å². The highest BCUT2D eigenvalue weighted by Gasteiger charge is 2.13. The number of likely N-dealkylation sites (N-methyl/N-ethyl adjacent to an activating group) is 1. The molecule has 0 atom stereocenters. The zero-order chi connectivity index (χ0) is 19.8. The molecule has 27 heavy (non-hydrogen) atoms. The minimum absolute atomic E-state index is 0.0652. The van der Waals surface area contributed by atoms with E-state index in [1.807, 2.05) is 13.0 Å². The summed E-state index contributed by atoms with van der Waals surface area (Å²) in [7, 11) is 0. The van der Waals surface area contributed by atoms with Crippen molar-refractivity contribution in [3.63, 3.8) is 0 Å². The van der Waals surface area contributed by atoms with Crippen LogP contribution >= 0.6 is 0 Å². The van der Waals surface area contributed by atoms with E-state index in [4.69, 9.17) is 4.42 Å². The summed E-state index contributed by atoms with van der Waals surface area (Å²) < 4.78 is 5.38. The monoisotopic (exact) mass is 369 g/mol. The van der Waals surface area contributed by atoms with Gasteiger partial charge in [0.2, 0.25) is 17.7 Å². The summed E-state index contributed by atoms with van der Waals surface area (Å²) in [5.74, 6) is 0.600. The summed E-state index contributed by atoms with van der Waals surface area (Å²) in [4.78, 5) is 36.9. The molecule has 0 aliphatic carbocycles. The van der Waals surface area contributed by atoms with Crippen LogP contribution in [-0.4, -0.2) is 35.7 Å². The van der Waals surface area contributed by atoms with Crippen LogP contribution in [0.3, 0.4) is 0 Å². The van der Waals surface area contributed by atoms with Gasteiger partial charge in [0.25, 0.3) is 0 Å². The predicted octanol–water partition coefficient (Wildman–Crippen LogP) is 3.05. The Hall–Kier alpha value is -3.35. The van der Waals surface area contributed by atoms with E-state index in [-0.39, 0.29) is 24.3 Å². The lowest BCUT2D eigenvalue weighted by Gasteiger charge is -2.18. The number of furan rings is 1. The van der Waals surface area contributed by atoms with Gasteiger partial charge in [-0.05, 0) is 56.3 Å². The lowest BCUT2D eigenvalue weighted by molar-refractivity contribution is -0.130. The number of hydrogen-bond acceptors (Lipinski definition) is 4. The van der Waals surface area contributed by atoms with Crippen molar-refractivity contribution in [3.05, 3.63) is 54.0 Å². The van der Waals surface area contributed by atoms with Crippen LogP contribution in [0.2, 0.25) is 0 Å². The molecule has 1 aromatic heterocycles. The molecule has 0 bridgehead atoms. The van der Waals surface area contributed by atoms with E-state index in [1.54, 1.807) is 43.3 Å². The highest BCUT2D eigenvalue weighted by Crippen LogP contribution is 2.13. The minimum atomic E-state index is -0.306. The third kappa shape index (κ3) is 6.47. The quantitative estimate of drug-likeness (QED) is 0.734. The van der Waals surface area contributed by atoms with Gasteiger partial charge < -0.3 is 20.0 Å². The standard InChI is InChI=1S/C20H23N3O4/c1-4-23(20(26)12-11-18-10-5-14(2)27-18)13-19(25)22-17-8-6-16(7-9-17)21-15(3)24/h5-12H,4,13H2,1-3H3,(H,21,24)(H,22,25)/b12-11+. The maximum Gasteiger partial charge on any atom is 0.247 e. The Morgan fingerprint density at radius 2 is 1.67 bits per heavy atom. The van der Waals surface area contributed by atoms with Crippen LogP contribution in [0.25, 0.3) is 6.08 Å². The molecule has 0 unspecified atom stereocenters. The van der Waals surface area contributed by atoms with E-state index in [1.165, 1.54) is 17.9 Å². The van der Waals surface area contributed by atoms with Gasteiger partial charge in [0.1, 0.15) is 18.1 Å². The van der Waals surface area contributed by atoms with Crippen LogP contribution in [0.4, 0.5) is 11.4 Å². The summed E-state index contributed by atoms with van der Waals surface area (Å²) in [6.45, 7) is 5.38. The van der Waals surface area contributed by atoms with Gasteiger partial charge in [-0.3, -0.25) is 14.4 Å². The van der Waals surface area contributed by atoms with Crippen LogP contribution in [0, 0.1) is 6.92 Å². The number of carbonyl (C=O) groups is 3. The van der Waals surface area contributed by atoms with Gasteiger partial charge in [-0.25, -0.2) is 0 Å². The lowest BCUT2D eigenvalue weighted by Crippen LogP contribution is -2.36. The molecule has 3 amide bonds. The fourth-order valence-electron chi connectivity index (χ4n) is 2.36. The molecule has 1 heterocycles. The molecule has 1 aromatic carbocycles. The van der Waals surface area contributed by atoms with Crippen molar-refractivity contribution in [1.82, 2.24) is 4.90 Å². The molecule has 0 aliphatic heterocycles. The molecule has 2 N–H and O–H groups in total. The smallest absolute Gasteiger partial charge is 0.247 e. The van der Waals surface area contributed by atoms with E-state index in [9.17, 15) is 14.4 Å². The Bertz CT molecular complexity index is 837. The Kier molecular flexibility index (Phi) is 6.93. The first-order valence-electron chi connectivity index (χ1n) is 8.58. The molecule has 2 aromatic rings. The van der Waals surface area contributed by atoms with Gasteiger partial charge in [0, 0.05) is 30.9 Å². The van der Waals surface area contributed by atoms with Gasteiger partial charge in [-0.1, -0.05) is 0 Å². The van der Waals surface area contributed by atoms with Crippen molar-refractivity contribution in [2.24, 2.45) is 0 Å². The molecule has 142 valence electrons. The fourth-order valence-corrected chi connectivity index (χ4v) is 2.36. The number of anilines is 2. The largest absolute Gasteiger partial charge is 0.462 e.